The van der Waals surface area contributed by atoms with Gasteiger partial charge >= 0.3 is 0 Å². The van der Waals surface area contributed by atoms with Gasteiger partial charge in [-0.15, -0.1) is 0 Å². The van der Waals surface area contributed by atoms with Crippen LogP contribution in [0.15, 0.2) is 24.3 Å². The van der Waals surface area contributed by atoms with Crippen molar-refractivity contribution in [3.05, 3.63) is 24.3 Å². The molecule has 0 amide bonds. The van der Waals surface area contributed by atoms with Crippen LogP contribution < -0.4 is 15.2 Å². The summed E-state index contributed by atoms with van der Waals surface area (Å²) in [5.41, 5.74) is 5.92. The van der Waals surface area contributed by atoms with E-state index >= 15 is 0 Å². The van der Waals surface area contributed by atoms with Crippen molar-refractivity contribution in [1.82, 2.24) is 4.90 Å². The molecule has 0 spiro atoms. The van der Waals surface area contributed by atoms with Crippen LogP contribution in [0.5, 0.6) is 11.5 Å². The standard InChI is InChI=1S/C16H26N2O2S/c1-19-14-3-5-15(6-4-14)20-12-11-18-9-7-16(13-17,21-2)8-10-18/h3-6H,7-13,17H2,1-2H3. The van der Waals surface area contributed by atoms with Crippen molar-refractivity contribution < 1.29 is 9.47 Å². The summed E-state index contributed by atoms with van der Waals surface area (Å²) in [6.45, 7) is 4.71. The van der Waals surface area contributed by atoms with E-state index in [0.717, 1.165) is 44.3 Å². The first-order valence-electron chi connectivity index (χ1n) is 7.46. The Bertz CT molecular complexity index is 411. The Balaban J connectivity index is 1.70. The summed E-state index contributed by atoms with van der Waals surface area (Å²) in [5.74, 6) is 1.75. The number of methoxy groups -OCH3 is 1. The molecule has 0 unspecified atom stereocenters. The number of hydrogen-bond acceptors (Lipinski definition) is 5. The van der Waals surface area contributed by atoms with Gasteiger partial charge in [0.2, 0.25) is 0 Å². The molecule has 4 nitrogen and oxygen atoms in total. The van der Waals surface area contributed by atoms with Crippen LogP contribution in [0.1, 0.15) is 12.8 Å². The Morgan fingerprint density at radius 2 is 1.81 bits per heavy atom. The Morgan fingerprint density at radius 3 is 2.33 bits per heavy atom. The smallest absolute Gasteiger partial charge is 0.119 e. The summed E-state index contributed by atoms with van der Waals surface area (Å²) in [5, 5.41) is 0. The van der Waals surface area contributed by atoms with E-state index in [1.807, 2.05) is 36.0 Å². The second kappa shape index (κ2) is 7.92. The fourth-order valence-electron chi connectivity index (χ4n) is 2.64. The lowest BCUT2D eigenvalue weighted by Gasteiger charge is -2.40. The number of nitrogens with two attached hydrogens (primary N) is 1. The molecule has 2 rings (SSSR count). The molecule has 1 aliphatic rings. The number of hydrogen-bond donors (Lipinski definition) is 1. The summed E-state index contributed by atoms with van der Waals surface area (Å²) >= 11 is 1.92. The van der Waals surface area contributed by atoms with Gasteiger partial charge in [0.25, 0.3) is 0 Å². The van der Waals surface area contributed by atoms with Gasteiger partial charge < -0.3 is 15.2 Å². The van der Waals surface area contributed by atoms with Gasteiger partial charge in [0, 0.05) is 17.8 Å². The minimum Gasteiger partial charge on any atom is -0.497 e. The van der Waals surface area contributed by atoms with Crippen LogP contribution in [0.25, 0.3) is 0 Å². The summed E-state index contributed by atoms with van der Waals surface area (Å²) in [6, 6.07) is 7.74. The predicted octanol–water partition coefficient (Wildman–Crippen LogP) is 2.23. The zero-order valence-corrected chi connectivity index (χ0v) is 13.8. The van der Waals surface area contributed by atoms with E-state index in [2.05, 4.69) is 11.2 Å². The molecule has 1 heterocycles. The van der Waals surface area contributed by atoms with Crippen molar-refractivity contribution in [3.8, 4) is 11.5 Å². The van der Waals surface area contributed by atoms with E-state index in [1.165, 1.54) is 12.8 Å². The van der Waals surface area contributed by atoms with Crippen molar-refractivity contribution in [2.75, 3.05) is 46.2 Å². The molecule has 21 heavy (non-hydrogen) atoms. The first kappa shape index (κ1) is 16.5. The first-order chi connectivity index (χ1) is 10.2. The summed E-state index contributed by atoms with van der Waals surface area (Å²) in [4.78, 5) is 2.47. The maximum atomic E-state index is 5.92. The molecule has 1 aromatic rings. The molecular formula is C16H26N2O2S. The molecule has 0 bridgehead atoms. The van der Waals surface area contributed by atoms with Crippen LogP contribution in [-0.2, 0) is 0 Å². The van der Waals surface area contributed by atoms with Gasteiger partial charge in [0.15, 0.2) is 0 Å². The third-order valence-corrected chi connectivity index (χ3v) is 5.75. The summed E-state index contributed by atoms with van der Waals surface area (Å²) < 4.78 is 11.2. The lowest BCUT2D eigenvalue weighted by molar-refractivity contribution is 0.167. The molecule has 118 valence electrons. The predicted molar refractivity (Wildman–Crippen MR) is 89.5 cm³/mol. The number of thioether (sulfide) groups is 1. The minimum atomic E-state index is 0.299. The average molecular weight is 310 g/mol. The molecule has 0 aliphatic carbocycles. The molecule has 0 aromatic heterocycles. The highest BCUT2D eigenvalue weighted by Crippen LogP contribution is 2.33. The van der Waals surface area contributed by atoms with E-state index in [9.17, 15) is 0 Å². The van der Waals surface area contributed by atoms with Crippen molar-refractivity contribution in [2.24, 2.45) is 5.73 Å². The molecule has 1 aliphatic heterocycles. The highest BCUT2D eigenvalue weighted by Gasteiger charge is 2.32. The second-order valence-electron chi connectivity index (χ2n) is 5.46. The summed E-state index contributed by atoms with van der Waals surface area (Å²) in [6.07, 6.45) is 4.52. The fourth-order valence-corrected chi connectivity index (χ4v) is 3.40. The molecule has 1 saturated heterocycles. The van der Waals surface area contributed by atoms with Gasteiger partial charge in [-0.3, -0.25) is 4.90 Å². The summed E-state index contributed by atoms with van der Waals surface area (Å²) in [7, 11) is 1.67. The van der Waals surface area contributed by atoms with Crippen LogP contribution in [0, 0.1) is 0 Å². The number of rotatable bonds is 7. The molecule has 2 N–H and O–H groups in total. The highest BCUT2D eigenvalue weighted by atomic mass is 32.2. The van der Waals surface area contributed by atoms with Crippen molar-refractivity contribution in [3.63, 3.8) is 0 Å². The Kier molecular flexibility index (Phi) is 6.21. The number of ether oxygens (including phenoxy) is 2. The molecule has 5 heteroatoms. The molecule has 0 radical (unpaired) electrons. The van der Waals surface area contributed by atoms with Gasteiger partial charge in [0.1, 0.15) is 18.1 Å². The third-order valence-electron chi connectivity index (χ3n) is 4.31. The monoisotopic (exact) mass is 310 g/mol. The van der Waals surface area contributed by atoms with Crippen molar-refractivity contribution >= 4 is 11.8 Å². The Hall–Kier alpha value is -0.910. The van der Waals surface area contributed by atoms with Gasteiger partial charge in [-0.05, 0) is 56.5 Å². The van der Waals surface area contributed by atoms with E-state index in [1.54, 1.807) is 7.11 Å². The molecule has 0 saturated carbocycles. The van der Waals surface area contributed by atoms with E-state index in [4.69, 9.17) is 15.2 Å². The molecular weight excluding hydrogens is 284 g/mol. The van der Waals surface area contributed by atoms with Gasteiger partial charge in [-0.2, -0.15) is 11.8 Å². The zero-order valence-electron chi connectivity index (χ0n) is 13.0. The minimum absolute atomic E-state index is 0.299. The zero-order chi connectivity index (χ0) is 15.1. The fraction of sp³-hybridized carbons (Fsp3) is 0.625. The SMILES string of the molecule is COc1ccc(OCCN2CCC(CN)(SC)CC2)cc1. The van der Waals surface area contributed by atoms with E-state index in [-0.39, 0.29) is 0 Å². The first-order valence-corrected chi connectivity index (χ1v) is 8.68. The maximum Gasteiger partial charge on any atom is 0.119 e. The van der Waals surface area contributed by atoms with Crippen molar-refractivity contribution in [2.45, 2.75) is 17.6 Å². The Morgan fingerprint density at radius 1 is 1.19 bits per heavy atom. The molecule has 0 atom stereocenters. The lowest BCUT2D eigenvalue weighted by Crippen LogP contribution is -2.47. The van der Waals surface area contributed by atoms with E-state index in [0.29, 0.717) is 4.75 Å². The van der Waals surface area contributed by atoms with Crippen LogP contribution in [0.4, 0.5) is 0 Å². The third kappa shape index (κ3) is 4.53. The van der Waals surface area contributed by atoms with Crippen LogP contribution in [-0.4, -0.2) is 55.8 Å². The lowest BCUT2D eigenvalue weighted by atomic mass is 9.96. The van der Waals surface area contributed by atoms with Crippen LogP contribution in [0.3, 0.4) is 0 Å². The van der Waals surface area contributed by atoms with E-state index < -0.39 is 0 Å². The topological polar surface area (TPSA) is 47.7 Å². The van der Waals surface area contributed by atoms with Gasteiger partial charge in [-0.25, -0.2) is 0 Å². The largest absolute Gasteiger partial charge is 0.497 e. The molecule has 1 aromatic carbocycles. The van der Waals surface area contributed by atoms with Crippen molar-refractivity contribution in [1.29, 1.82) is 0 Å². The van der Waals surface area contributed by atoms with Crippen LogP contribution in [0.2, 0.25) is 0 Å². The highest BCUT2D eigenvalue weighted by molar-refractivity contribution is 8.00. The number of nitrogens with zero attached hydrogens (tertiary/aromatic N) is 1. The molecule has 1 fully saturated rings. The number of benzene rings is 1. The average Bonchev–Trinajstić information content (AvgIpc) is 2.56. The van der Waals surface area contributed by atoms with Gasteiger partial charge in [-0.1, -0.05) is 0 Å². The second-order valence-corrected chi connectivity index (χ2v) is 6.73. The quantitative estimate of drug-likeness (QED) is 0.837. The number of likely N-dealkylation sites (tertiary alicyclic amines) is 1. The van der Waals surface area contributed by atoms with Crippen LogP contribution >= 0.6 is 11.8 Å². The number of piperidine rings is 1. The maximum absolute atomic E-state index is 5.92. The normalized spacial score (nSPS) is 18.4. The Labute approximate surface area is 132 Å². The van der Waals surface area contributed by atoms with Gasteiger partial charge in [0.05, 0.1) is 7.11 Å².